The van der Waals surface area contributed by atoms with Crippen LogP contribution in [0.2, 0.25) is 0 Å². The summed E-state index contributed by atoms with van der Waals surface area (Å²) in [7, 11) is 0. The predicted octanol–water partition coefficient (Wildman–Crippen LogP) is -2.13. The fourth-order valence-electron chi connectivity index (χ4n) is 1.66. The Kier molecular flexibility index (Phi) is 4.99. The van der Waals surface area contributed by atoms with Crippen LogP contribution in [0.3, 0.4) is 0 Å². The molecule has 0 radical (unpaired) electrons. The first-order chi connectivity index (χ1) is 7.40. The number of aliphatic hydroxyl groups is 4. The highest BCUT2D eigenvalue weighted by molar-refractivity contribution is 7.99. The highest BCUT2D eigenvalue weighted by Gasteiger charge is 2.46. The summed E-state index contributed by atoms with van der Waals surface area (Å²) in [6, 6.07) is -0.813. The highest BCUT2D eigenvalue weighted by atomic mass is 32.2. The van der Waals surface area contributed by atoms with Gasteiger partial charge in [0.15, 0.2) is 0 Å². The van der Waals surface area contributed by atoms with Gasteiger partial charge in [0.25, 0.3) is 0 Å². The third kappa shape index (κ3) is 2.67. The van der Waals surface area contributed by atoms with E-state index in [9.17, 15) is 20.4 Å². The summed E-state index contributed by atoms with van der Waals surface area (Å²) in [5.74, 6) is 0. The number of hydrogen-bond acceptors (Lipinski definition) is 7. The molecule has 0 bridgehead atoms. The standard InChI is InChI=1S/C9H19NO5S/c1-3(11)4(10)8-6(13)5(12)7(14)9(15-8)16-2/h3-9,11-14H,10H2,1-2H3/t3?,4?,5-,6+,7+,8?,9+/m0/s1. The van der Waals surface area contributed by atoms with Crippen molar-refractivity contribution in [2.45, 2.75) is 48.9 Å². The lowest BCUT2D eigenvalue weighted by Crippen LogP contribution is -2.63. The van der Waals surface area contributed by atoms with E-state index in [1.165, 1.54) is 18.7 Å². The van der Waals surface area contributed by atoms with Crippen LogP contribution in [-0.2, 0) is 4.74 Å². The first kappa shape index (κ1) is 14.2. The van der Waals surface area contributed by atoms with E-state index < -0.39 is 42.0 Å². The van der Waals surface area contributed by atoms with Gasteiger partial charge < -0.3 is 30.9 Å². The van der Waals surface area contributed by atoms with Gasteiger partial charge >= 0.3 is 0 Å². The molecule has 0 saturated carbocycles. The molecular weight excluding hydrogens is 234 g/mol. The Labute approximate surface area is 98.4 Å². The summed E-state index contributed by atoms with van der Waals surface area (Å²) in [4.78, 5) is 0. The highest BCUT2D eigenvalue weighted by Crippen LogP contribution is 2.28. The second kappa shape index (κ2) is 5.63. The van der Waals surface area contributed by atoms with Gasteiger partial charge in [-0.15, -0.1) is 11.8 Å². The van der Waals surface area contributed by atoms with E-state index in [1.54, 1.807) is 6.26 Å². The monoisotopic (exact) mass is 253 g/mol. The number of nitrogens with two attached hydrogens (primary N) is 1. The van der Waals surface area contributed by atoms with Gasteiger partial charge in [-0.2, -0.15) is 0 Å². The molecular formula is C9H19NO5S. The van der Waals surface area contributed by atoms with Gasteiger partial charge in [0.2, 0.25) is 0 Å². The van der Waals surface area contributed by atoms with Gasteiger partial charge in [-0.05, 0) is 13.2 Å². The summed E-state index contributed by atoms with van der Waals surface area (Å²) in [6.45, 7) is 1.48. The molecule has 0 spiro atoms. The number of thioether (sulfide) groups is 1. The fraction of sp³-hybridized carbons (Fsp3) is 1.00. The molecule has 6 N–H and O–H groups in total. The maximum atomic E-state index is 9.71. The zero-order valence-electron chi connectivity index (χ0n) is 9.22. The van der Waals surface area contributed by atoms with Crippen LogP contribution in [0.1, 0.15) is 6.92 Å². The van der Waals surface area contributed by atoms with Crippen molar-refractivity contribution in [2.75, 3.05) is 6.26 Å². The molecule has 0 aliphatic carbocycles. The number of aliphatic hydroxyl groups excluding tert-OH is 4. The van der Waals surface area contributed by atoms with Crippen LogP contribution in [-0.4, -0.2) is 68.7 Å². The predicted molar refractivity (Wildman–Crippen MR) is 59.9 cm³/mol. The summed E-state index contributed by atoms with van der Waals surface area (Å²) in [6.07, 6.45) is -3.84. The Bertz CT molecular complexity index is 228. The van der Waals surface area contributed by atoms with Crippen LogP contribution in [0.5, 0.6) is 0 Å². The normalized spacial score (nSPS) is 44.1. The van der Waals surface area contributed by atoms with Crippen molar-refractivity contribution in [3.05, 3.63) is 0 Å². The van der Waals surface area contributed by atoms with Crippen LogP contribution in [0.15, 0.2) is 0 Å². The van der Waals surface area contributed by atoms with Crippen molar-refractivity contribution >= 4 is 11.8 Å². The van der Waals surface area contributed by atoms with Crippen molar-refractivity contribution < 1.29 is 25.2 Å². The van der Waals surface area contributed by atoms with Gasteiger partial charge in [-0.3, -0.25) is 0 Å². The van der Waals surface area contributed by atoms with Crippen LogP contribution in [0, 0.1) is 0 Å². The number of ether oxygens (including phenoxy) is 1. The maximum absolute atomic E-state index is 9.71. The van der Waals surface area contributed by atoms with E-state index >= 15 is 0 Å². The van der Waals surface area contributed by atoms with Gasteiger partial charge in [0.05, 0.1) is 12.1 Å². The van der Waals surface area contributed by atoms with Gasteiger partial charge in [0.1, 0.15) is 29.9 Å². The molecule has 1 aliphatic heterocycles. The molecule has 0 amide bonds. The van der Waals surface area contributed by atoms with E-state index in [0.29, 0.717) is 0 Å². The molecule has 7 atom stereocenters. The largest absolute Gasteiger partial charge is 0.392 e. The zero-order chi connectivity index (χ0) is 12.5. The van der Waals surface area contributed by atoms with Crippen molar-refractivity contribution in [3.8, 4) is 0 Å². The molecule has 0 aromatic rings. The van der Waals surface area contributed by atoms with Crippen LogP contribution in [0.25, 0.3) is 0 Å². The van der Waals surface area contributed by atoms with E-state index in [1.807, 2.05) is 0 Å². The Hall–Kier alpha value is 0.110. The van der Waals surface area contributed by atoms with Gasteiger partial charge in [-0.25, -0.2) is 0 Å². The van der Waals surface area contributed by atoms with E-state index in [-0.39, 0.29) is 0 Å². The lowest BCUT2D eigenvalue weighted by Gasteiger charge is -2.42. The average Bonchev–Trinajstić information content (AvgIpc) is 2.25. The molecule has 1 saturated heterocycles. The Morgan fingerprint density at radius 3 is 2.19 bits per heavy atom. The second-order valence-corrected chi connectivity index (χ2v) is 4.93. The maximum Gasteiger partial charge on any atom is 0.132 e. The molecule has 1 fully saturated rings. The second-order valence-electron chi connectivity index (χ2n) is 3.99. The molecule has 7 heteroatoms. The quantitative estimate of drug-likeness (QED) is 0.390. The molecule has 0 aromatic carbocycles. The zero-order valence-corrected chi connectivity index (χ0v) is 10.0. The minimum atomic E-state index is -1.32. The molecule has 3 unspecified atom stereocenters. The first-order valence-electron chi connectivity index (χ1n) is 5.06. The summed E-state index contributed by atoms with van der Waals surface area (Å²) in [5, 5.41) is 38.2. The molecule has 1 rings (SSSR count). The van der Waals surface area contributed by atoms with Crippen molar-refractivity contribution in [2.24, 2.45) is 5.73 Å². The van der Waals surface area contributed by atoms with E-state index in [4.69, 9.17) is 10.5 Å². The molecule has 0 aromatic heterocycles. The van der Waals surface area contributed by atoms with Crippen molar-refractivity contribution in [1.29, 1.82) is 0 Å². The summed E-state index contributed by atoms with van der Waals surface area (Å²) >= 11 is 1.21. The molecule has 1 heterocycles. The van der Waals surface area contributed by atoms with Gasteiger partial charge in [0, 0.05) is 0 Å². The number of hydrogen-bond donors (Lipinski definition) is 5. The molecule has 16 heavy (non-hydrogen) atoms. The minimum Gasteiger partial charge on any atom is -0.392 e. The topological polar surface area (TPSA) is 116 Å². The van der Waals surface area contributed by atoms with E-state index in [0.717, 1.165) is 0 Å². The summed E-state index contributed by atoms with van der Waals surface area (Å²) < 4.78 is 5.37. The minimum absolute atomic E-state index is 0.659. The van der Waals surface area contributed by atoms with Crippen molar-refractivity contribution in [1.82, 2.24) is 0 Å². The van der Waals surface area contributed by atoms with Crippen LogP contribution < -0.4 is 5.73 Å². The third-order valence-electron chi connectivity index (χ3n) is 2.78. The lowest BCUT2D eigenvalue weighted by molar-refractivity contribution is -0.207. The van der Waals surface area contributed by atoms with Crippen LogP contribution >= 0.6 is 11.8 Å². The first-order valence-corrected chi connectivity index (χ1v) is 6.35. The summed E-state index contributed by atoms with van der Waals surface area (Å²) in [5.41, 5.74) is 5.01. The number of rotatable bonds is 3. The Balaban J connectivity index is 2.78. The van der Waals surface area contributed by atoms with Crippen molar-refractivity contribution in [3.63, 3.8) is 0 Å². The molecule has 1 aliphatic rings. The van der Waals surface area contributed by atoms with Crippen LogP contribution in [0.4, 0.5) is 0 Å². The fourth-order valence-corrected chi connectivity index (χ4v) is 2.34. The molecule has 6 nitrogen and oxygen atoms in total. The SMILES string of the molecule is CS[C@H]1OC(C(N)C(C)O)[C@H](O)[C@H](O)[C@H]1O. The third-order valence-corrected chi connectivity index (χ3v) is 3.63. The smallest absolute Gasteiger partial charge is 0.132 e. The Morgan fingerprint density at radius 2 is 1.75 bits per heavy atom. The van der Waals surface area contributed by atoms with E-state index in [2.05, 4.69) is 0 Å². The van der Waals surface area contributed by atoms with Gasteiger partial charge in [-0.1, -0.05) is 0 Å². The Morgan fingerprint density at radius 1 is 1.19 bits per heavy atom. The average molecular weight is 253 g/mol. The lowest BCUT2D eigenvalue weighted by atomic mass is 9.93. The molecule has 96 valence electrons.